The van der Waals surface area contributed by atoms with Crippen LogP contribution < -0.4 is 5.32 Å². The van der Waals surface area contributed by atoms with E-state index in [1.165, 1.54) is 12.1 Å². The molecule has 1 N–H and O–H groups in total. The van der Waals surface area contributed by atoms with Gasteiger partial charge in [-0.15, -0.1) is 12.4 Å². The molecule has 2 aliphatic heterocycles. The second kappa shape index (κ2) is 9.85. The third-order valence-electron chi connectivity index (χ3n) is 4.77. The van der Waals surface area contributed by atoms with Crippen LogP contribution in [0.3, 0.4) is 0 Å². The lowest BCUT2D eigenvalue weighted by Gasteiger charge is -2.35. The van der Waals surface area contributed by atoms with E-state index in [0.717, 1.165) is 38.3 Å². The van der Waals surface area contributed by atoms with Crippen molar-refractivity contribution in [1.29, 1.82) is 0 Å². The first kappa shape index (κ1) is 20.6. The van der Waals surface area contributed by atoms with Gasteiger partial charge in [0.15, 0.2) is 0 Å². The molecule has 2 saturated heterocycles. The van der Waals surface area contributed by atoms with Crippen LogP contribution in [0.2, 0.25) is 0 Å². The second-order valence-electron chi connectivity index (χ2n) is 6.60. The van der Waals surface area contributed by atoms with E-state index in [1.807, 2.05) is 15.9 Å². The summed E-state index contributed by atoms with van der Waals surface area (Å²) in [6.45, 7) is 5.95. The van der Waals surface area contributed by atoms with E-state index in [0.29, 0.717) is 32.6 Å². The summed E-state index contributed by atoms with van der Waals surface area (Å²) in [5, 5.41) is 3.23. The van der Waals surface area contributed by atoms with Crippen LogP contribution in [0.15, 0.2) is 24.3 Å². The Kier molecular flexibility index (Phi) is 7.81. The van der Waals surface area contributed by atoms with Gasteiger partial charge in [0.05, 0.1) is 6.54 Å². The van der Waals surface area contributed by atoms with Gasteiger partial charge >= 0.3 is 0 Å². The molecular formula is C18H26ClFN4O2. The van der Waals surface area contributed by atoms with E-state index < -0.39 is 0 Å². The lowest BCUT2D eigenvalue weighted by molar-refractivity contribution is -0.138. The number of piperazine rings is 2. The van der Waals surface area contributed by atoms with Crippen LogP contribution in [0, 0.1) is 5.82 Å². The highest BCUT2D eigenvalue weighted by Crippen LogP contribution is 2.11. The van der Waals surface area contributed by atoms with Gasteiger partial charge in [-0.3, -0.25) is 14.5 Å². The van der Waals surface area contributed by atoms with Crippen molar-refractivity contribution in [3.05, 3.63) is 35.6 Å². The molecule has 0 aliphatic carbocycles. The summed E-state index contributed by atoms with van der Waals surface area (Å²) in [5.41, 5.74) is 0.802. The van der Waals surface area contributed by atoms with Crippen LogP contribution in [-0.2, 0) is 16.1 Å². The first-order valence-corrected chi connectivity index (χ1v) is 8.85. The summed E-state index contributed by atoms with van der Waals surface area (Å²) in [7, 11) is 0. The first-order valence-electron chi connectivity index (χ1n) is 8.85. The highest BCUT2D eigenvalue weighted by molar-refractivity contribution is 5.85. The Morgan fingerprint density at radius 1 is 1.15 bits per heavy atom. The lowest BCUT2D eigenvalue weighted by Crippen LogP contribution is -2.51. The fourth-order valence-corrected chi connectivity index (χ4v) is 3.30. The number of hydrogen-bond acceptors (Lipinski definition) is 4. The number of hydrogen-bond donors (Lipinski definition) is 1. The van der Waals surface area contributed by atoms with E-state index in [2.05, 4.69) is 5.32 Å². The number of carbonyl (C=O) groups excluding carboxylic acids is 2. The Morgan fingerprint density at radius 2 is 1.92 bits per heavy atom. The van der Waals surface area contributed by atoms with Gasteiger partial charge in [-0.25, -0.2) is 4.39 Å². The van der Waals surface area contributed by atoms with Crippen molar-refractivity contribution < 1.29 is 14.0 Å². The van der Waals surface area contributed by atoms with Crippen LogP contribution in [0.5, 0.6) is 0 Å². The maximum atomic E-state index is 13.3. The molecule has 2 heterocycles. The summed E-state index contributed by atoms with van der Waals surface area (Å²) >= 11 is 0. The van der Waals surface area contributed by atoms with Crippen LogP contribution >= 0.6 is 12.4 Å². The van der Waals surface area contributed by atoms with Crippen molar-refractivity contribution in [1.82, 2.24) is 20.0 Å². The third kappa shape index (κ3) is 5.65. The van der Waals surface area contributed by atoms with Crippen molar-refractivity contribution >= 4 is 24.2 Å². The number of rotatable bonds is 5. The minimum Gasteiger partial charge on any atom is -0.340 e. The largest absolute Gasteiger partial charge is 0.340 e. The molecular weight excluding hydrogens is 359 g/mol. The minimum atomic E-state index is -0.282. The van der Waals surface area contributed by atoms with Crippen molar-refractivity contribution in [3.8, 4) is 0 Å². The highest BCUT2D eigenvalue weighted by Gasteiger charge is 2.25. The molecule has 0 atom stereocenters. The molecule has 0 unspecified atom stereocenters. The summed E-state index contributed by atoms with van der Waals surface area (Å²) in [6, 6.07) is 6.35. The van der Waals surface area contributed by atoms with E-state index in [9.17, 15) is 14.0 Å². The number of nitrogens with one attached hydrogen (secondary N) is 1. The maximum Gasteiger partial charge on any atom is 0.237 e. The van der Waals surface area contributed by atoms with Crippen LogP contribution in [-0.4, -0.2) is 78.9 Å². The first-order chi connectivity index (χ1) is 12.1. The highest BCUT2D eigenvalue weighted by atomic mass is 35.5. The van der Waals surface area contributed by atoms with Gasteiger partial charge < -0.3 is 15.1 Å². The molecule has 0 spiro atoms. The SMILES string of the molecule is Cl.O=C(CCN1CCN(Cc2cccc(F)c2)C(=O)C1)N1CCNCC1. The Hall–Kier alpha value is -1.70. The van der Waals surface area contributed by atoms with Gasteiger partial charge in [0.25, 0.3) is 0 Å². The van der Waals surface area contributed by atoms with E-state index in [-0.39, 0.29) is 30.0 Å². The lowest BCUT2D eigenvalue weighted by atomic mass is 10.2. The van der Waals surface area contributed by atoms with Crippen molar-refractivity contribution in [2.75, 3.05) is 52.4 Å². The Morgan fingerprint density at radius 3 is 2.62 bits per heavy atom. The van der Waals surface area contributed by atoms with Crippen molar-refractivity contribution in [2.45, 2.75) is 13.0 Å². The fraction of sp³-hybridized carbons (Fsp3) is 0.556. The minimum absolute atomic E-state index is 0. The van der Waals surface area contributed by atoms with E-state index in [1.54, 1.807) is 11.0 Å². The molecule has 144 valence electrons. The normalized spacial score (nSPS) is 18.6. The standard InChI is InChI=1S/C18H25FN4O2.ClH/c19-16-3-1-2-15(12-16)13-23-11-10-21(14-18(23)25)7-4-17(24)22-8-5-20-6-9-22;/h1-3,12,20H,4-11,13-14H2;1H. The third-order valence-corrected chi connectivity index (χ3v) is 4.77. The summed E-state index contributed by atoms with van der Waals surface area (Å²) < 4.78 is 13.3. The molecule has 2 fully saturated rings. The summed E-state index contributed by atoms with van der Waals surface area (Å²) in [6.07, 6.45) is 0.456. The molecule has 0 bridgehead atoms. The Labute approximate surface area is 159 Å². The number of benzene rings is 1. The fourth-order valence-electron chi connectivity index (χ4n) is 3.30. The van der Waals surface area contributed by atoms with E-state index >= 15 is 0 Å². The monoisotopic (exact) mass is 384 g/mol. The summed E-state index contributed by atoms with van der Waals surface area (Å²) in [5.74, 6) is -0.0868. The van der Waals surface area contributed by atoms with Gasteiger partial charge in [0, 0.05) is 58.8 Å². The molecule has 26 heavy (non-hydrogen) atoms. The topological polar surface area (TPSA) is 55.9 Å². The zero-order valence-electron chi connectivity index (χ0n) is 14.8. The quantitative estimate of drug-likeness (QED) is 0.812. The Bertz CT molecular complexity index is 625. The molecule has 3 rings (SSSR count). The van der Waals surface area contributed by atoms with Crippen molar-refractivity contribution in [3.63, 3.8) is 0 Å². The molecule has 0 aromatic heterocycles. The number of nitrogens with zero attached hydrogens (tertiary/aromatic N) is 3. The summed E-state index contributed by atoms with van der Waals surface area (Å²) in [4.78, 5) is 30.2. The Balaban J connectivity index is 0.00000243. The molecule has 1 aromatic rings. The van der Waals surface area contributed by atoms with Gasteiger partial charge in [-0.2, -0.15) is 0 Å². The molecule has 6 nitrogen and oxygen atoms in total. The van der Waals surface area contributed by atoms with Crippen LogP contribution in [0.1, 0.15) is 12.0 Å². The predicted octanol–water partition coefficient (Wildman–Crippen LogP) is 0.714. The van der Waals surface area contributed by atoms with Gasteiger partial charge in [0.1, 0.15) is 5.82 Å². The molecule has 2 aliphatic rings. The van der Waals surface area contributed by atoms with Gasteiger partial charge in [-0.1, -0.05) is 12.1 Å². The predicted molar refractivity (Wildman–Crippen MR) is 99.6 cm³/mol. The average Bonchev–Trinajstić information content (AvgIpc) is 2.62. The molecule has 8 heteroatoms. The van der Waals surface area contributed by atoms with Crippen LogP contribution in [0.4, 0.5) is 4.39 Å². The number of amides is 2. The molecule has 0 radical (unpaired) electrons. The molecule has 0 saturated carbocycles. The molecule has 2 amide bonds. The number of carbonyl (C=O) groups is 2. The zero-order valence-corrected chi connectivity index (χ0v) is 15.6. The maximum absolute atomic E-state index is 13.3. The number of halogens is 2. The van der Waals surface area contributed by atoms with Crippen molar-refractivity contribution in [2.24, 2.45) is 0 Å². The smallest absolute Gasteiger partial charge is 0.237 e. The zero-order chi connectivity index (χ0) is 17.6. The van der Waals surface area contributed by atoms with Gasteiger partial charge in [-0.05, 0) is 17.7 Å². The average molecular weight is 385 g/mol. The molecule has 1 aromatic carbocycles. The second-order valence-corrected chi connectivity index (χ2v) is 6.60. The van der Waals surface area contributed by atoms with Gasteiger partial charge in [0.2, 0.25) is 11.8 Å². The van der Waals surface area contributed by atoms with Crippen LogP contribution in [0.25, 0.3) is 0 Å². The van der Waals surface area contributed by atoms with E-state index in [4.69, 9.17) is 0 Å².